The van der Waals surface area contributed by atoms with E-state index in [4.69, 9.17) is 4.74 Å². The zero-order valence-electron chi connectivity index (χ0n) is 20.9. The fourth-order valence-electron chi connectivity index (χ4n) is 4.40. The molecule has 0 fully saturated rings. The molecule has 1 aliphatic rings. The number of rotatable bonds is 9. The van der Waals surface area contributed by atoms with Crippen LogP contribution < -0.4 is 15.0 Å². The minimum atomic E-state index is -1.01. The molecular weight excluding hydrogens is 516 g/mol. The molecule has 0 radical (unpaired) electrons. The van der Waals surface area contributed by atoms with Crippen molar-refractivity contribution in [3.63, 3.8) is 0 Å². The van der Waals surface area contributed by atoms with Crippen molar-refractivity contribution in [1.29, 1.82) is 0 Å². The number of aromatic nitrogens is 1. The Balaban J connectivity index is 1.49. The van der Waals surface area contributed by atoms with E-state index in [0.717, 1.165) is 0 Å². The SMILES string of the molecule is COc1ccc(NC(=O)C(c2cccs2)N(Cc2cccnc2)C(=O)CN2C(=O)C(=O)c3ccccc32)cc1. The van der Waals surface area contributed by atoms with Crippen molar-refractivity contribution in [2.45, 2.75) is 12.6 Å². The summed E-state index contributed by atoms with van der Waals surface area (Å²) in [5.74, 6) is -1.73. The molecule has 0 saturated carbocycles. The number of hydrogen-bond acceptors (Lipinski definition) is 7. The number of thiophene rings is 1. The van der Waals surface area contributed by atoms with Gasteiger partial charge in [-0.2, -0.15) is 0 Å². The molecule has 4 aromatic rings. The fraction of sp³-hybridized carbons (Fsp3) is 0.138. The lowest BCUT2D eigenvalue weighted by Crippen LogP contribution is -2.46. The molecule has 1 atom stereocenters. The summed E-state index contributed by atoms with van der Waals surface area (Å²) >= 11 is 1.34. The number of methoxy groups -OCH3 is 1. The summed E-state index contributed by atoms with van der Waals surface area (Å²) in [5.41, 5.74) is 1.86. The third kappa shape index (κ3) is 5.41. The molecule has 9 nitrogen and oxygen atoms in total. The van der Waals surface area contributed by atoms with E-state index in [-0.39, 0.29) is 12.1 Å². The maximum atomic E-state index is 14.0. The number of pyridine rings is 1. The predicted octanol–water partition coefficient (Wildman–Crippen LogP) is 4.09. The zero-order valence-corrected chi connectivity index (χ0v) is 21.8. The Morgan fingerprint density at radius 1 is 1.03 bits per heavy atom. The number of nitrogens with zero attached hydrogens (tertiary/aromatic N) is 3. The van der Waals surface area contributed by atoms with Crippen LogP contribution in [0.1, 0.15) is 26.8 Å². The van der Waals surface area contributed by atoms with Gasteiger partial charge in [0.1, 0.15) is 18.3 Å². The van der Waals surface area contributed by atoms with Gasteiger partial charge >= 0.3 is 0 Å². The van der Waals surface area contributed by atoms with Crippen LogP contribution in [0.3, 0.4) is 0 Å². The number of amides is 3. The number of anilines is 2. The Morgan fingerprint density at radius 3 is 2.51 bits per heavy atom. The lowest BCUT2D eigenvalue weighted by molar-refractivity contribution is -0.138. The van der Waals surface area contributed by atoms with E-state index in [0.29, 0.717) is 27.6 Å². The van der Waals surface area contributed by atoms with Crippen LogP contribution in [0.15, 0.2) is 90.6 Å². The molecule has 1 unspecified atom stereocenters. The first kappa shape index (κ1) is 25.8. The highest BCUT2D eigenvalue weighted by molar-refractivity contribution is 7.10. The highest BCUT2D eigenvalue weighted by Crippen LogP contribution is 2.32. The van der Waals surface area contributed by atoms with Gasteiger partial charge in [0.05, 0.1) is 18.4 Å². The van der Waals surface area contributed by atoms with Crippen LogP contribution in [0.5, 0.6) is 5.75 Å². The van der Waals surface area contributed by atoms with Gasteiger partial charge in [0, 0.05) is 29.5 Å². The van der Waals surface area contributed by atoms with Gasteiger partial charge in [-0.25, -0.2) is 0 Å². The number of ether oxygens (including phenoxy) is 1. The summed E-state index contributed by atoms with van der Waals surface area (Å²) < 4.78 is 5.20. The van der Waals surface area contributed by atoms with Gasteiger partial charge in [-0.1, -0.05) is 24.3 Å². The van der Waals surface area contributed by atoms with Crippen LogP contribution in [0.2, 0.25) is 0 Å². The number of carbonyl (C=O) groups is 4. The third-order valence-corrected chi connectivity index (χ3v) is 7.22. The second kappa shape index (κ2) is 11.3. The quantitative estimate of drug-likeness (QED) is 0.321. The summed E-state index contributed by atoms with van der Waals surface area (Å²) in [5, 5.41) is 4.72. The summed E-state index contributed by atoms with van der Waals surface area (Å²) in [6.45, 7) is -0.345. The Labute approximate surface area is 228 Å². The van der Waals surface area contributed by atoms with Crippen molar-refractivity contribution in [3.8, 4) is 5.75 Å². The van der Waals surface area contributed by atoms with Gasteiger partial charge in [-0.05, 0) is 59.5 Å². The van der Waals surface area contributed by atoms with E-state index < -0.39 is 36.1 Å². The first-order valence-corrected chi connectivity index (χ1v) is 13.0. The first-order valence-electron chi connectivity index (χ1n) is 12.1. The summed E-state index contributed by atoms with van der Waals surface area (Å²) in [6.07, 6.45) is 3.24. The molecule has 1 N–H and O–H groups in total. The van der Waals surface area contributed by atoms with Gasteiger partial charge in [0.2, 0.25) is 5.91 Å². The summed E-state index contributed by atoms with van der Waals surface area (Å²) in [7, 11) is 1.55. The van der Waals surface area contributed by atoms with Crippen LogP contribution in [-0.2, 0) is 20.9 Å². The minimum Gasteiger partial charge on any atom is -0.497 e. The molecule has 1 aliphatic heterocycles. The van der Waals surface area contributed by atoms with Crippen LogP contribution in [0.4, 0.5) is 11.4 Å². The van der Waals surface area contributed by atoms with E-state index in [1.807, 2.05) is 5.38 Å². The second-order valence-electron chi connectivity index (χ2n) is 8.76. The average Bonchev–Trinajstić information content (AvgIpc) is 3.57. The molecule has 0 aliphatic carbocycles. The Hall–Kier alpha value is -4.83. The van der Waals surface area contributed by atoms with Crippen molar-refractivity contribution in [1.82, 2.24) is 9.88 Å². The summed E-state index contributed by atoms with van der Waals surface area (Å²) in [6, 6.07) is 19.6. The van der Waals surface area contributed by atoms with Gasteiger partial charge in [0.15, 0.2) is 0 Å². The molecular formula is C29H24N4O5S. The van der Waals surface area contributed by atoms with Gasteiger partial charge < -0.3 is 15.0 Å². The fourth-order valence-corrected chi connectivity index (χ4v) is 5.23. The standard InChI is InChI=1S/C29H24N4O5S/c1-38-21-12-10-20(11-13-21)31-28(36)26(24-9-5-15-39-24)33(17-19-6-4-14-30-16-19)25(34)18-32-23-8-3-2-7-22(23)27(35)29(32)37/h2-16,26H,17-18H2,1H3,(H,31,36). The number of ketones is 1. The van der Waals surface area contributed by atoms with Crippen LogP contribution in [-0.4, -0.2) is 47.0 Å². The number of nitrogens with one attached hydrogen (secondary N) is 1. The Kier molecular flexibility index (Phi) is 7.46. The molecule has 196 valence electrons. The number of benzene rings is 2. The average molecular weight is 541 g/mol. The van der Waals surface area contributed by atoms with Gasteiger partial charge in [-0.3, -0.25) is 29.1 Å². The first-order chi connectivity index (χ1) is 19.0. The van der Waals surface area contributed by atoms with Gasteiger partial charge in [0.25, 0.3) is 17.6 Å². The molecule has 2 aromatic heterocycles. The Morgan fingerprint density at radius 2 is 1.82 bits per heavy atom. The summed E-state index contributed by atoms with van der Waals surface area (Å²) in [4.78, 5) is 60.4. The van der Waals surface area contributed by atoms with E-state index in [1.165, 1.54) is 21.1 Å². The molecule has 0 bridgehead atoms. The molecule has 0 spiro atoms. The smallest absolute Gasteiger partial charge is 0.299 e. The molecule has 3 amide bonds. The highest BCUT2D eigenvalue weighted by atomic mass is 32.1. The largest absolute Gasteiger partial charge is 0.497 e. The van der Waals surface area contributed by atoms with Crippen molar-refractivity contribution < 1.29 is 23.9 Å². The molecule has 39 heavy (non-hydrogen) atoms. The van der Waals surface area contributed by atoms with Crippen LogP contribution in [0.25, 0.3) is 0 Å². The van der Waals surface area contributed by atoms with Crippen molar-refractivity contribution >= 4 is 46.2 Å². The van der Waals surface area contributed by atoms with E-state index >= 15 is 0 Å². The normalized spacial score (nSPS) is 13.1. The van der Waals surface area contributed by atoms with Crippen LogP contribution >= 0.6 is 11.3 Å². The minimum absolute atomic E-state index is 0.0584. The van der Waals surface area contributed by atoms with Crippen molar-refractivity contribution in [3.05, 3.63) is 107 Å². The number of fused-ring (bicyclic) bond motifs is 1. The number of carbonyl (C=O) groups excluding carboxylic acids is 4. The number of hydrogen-bond donors (Lipinski definition) is 1. The molecule has 5 rings (SSSR count). The lowest BCUT2D eigenvalue weighted by Gasteiger charge is -2.32. The molecule has 3 heterocycles. The van der Waals surface area contributed by atoms with Gasteiger partial charge in [-0.15, -0.1) is 11.3 Å². The van der Waals surface area contributed by atoms with E-state index in [1.54, 1.807) is 92.3 Å². The Bertz CT molecular complexity index is 1510. The molecule has 0 saturated heterocycles. The lowest BCUT2D eigenvalue weighted by atomic mass is 10.1. The van der Waals surface area contributed by atoms with Crippen molar-refractivity contribution in [2.24, 2.45) is 0 Å². The van der Waals surface area contributed by atoms with Crippen molar-refractivity contribution in [2.75, 3.05) is 23.9 Å². The van der Waals surface area contributed by atoms with Crippen LogP contribution in [0, 0.1) is 0 Å². The third-order valence-electron chi connectivity index (χ3n) is 6.30. The topological polar surface area (TPSA) is 109 Å². The highest BCUT2D eigenvalue weighted by Gasteiger charge is 2.39. The number of Topliss-reactive ketones (excluding diaryl/α,β-unsaturated/α-hetero) is 1. The van der Waals surface area contributed by atoms with E-state index in [2.05, 4.69) is 10.3 Å². The maximum Gasteiger partial charge on any atom is 0.299 e. The molecule has 2 aromatic carbocycles. The maximum absolute atomic E-state index is 14.0. The monoisotopic (exact) mass is 540 g/mol. The van der Waals surface area contributed by atoms with E-state index in [9.17, 15) is 19.2 Å². The second-order valence-corrected chi connectivity index (χ2v) is 9.74. The predicted molar refractivity (Wildman–Crippen MR) is 147 cm³/mol. The number of para-hydroxylation sites is 1. The zero-order chi connectivity index (χ0) is 27.4. The molecule has 10 heteroatoms.